The predicted molar refractivity (Wildman–Crippen MR) is 127 cm³/mol. The van der Waals surface area contributed by atoms with Crippen molar-refractivity contribution in [1.29, 1.82) is 0 Å². The Kier molecular flexibility index (Phi) is 14.3. The van der Waals surface area contributed by atoms with Gasteiger partial charge < -0.3 is 43.4 Å². The minimum atomic E-state index is -1.45. The van der Waals surface area contributed by atoms with E-state index in [2.05, 4.69) is 33.6 Å². The van der Waals surface area contributed by atoms with Crippen LogP contribution in [0.5, 0.6) is 0 Å². The fraction of sp³-hybridized carbons (Fsp3) is 0.684. The van der Waals surface area contributed by atoms with Crippen LogP contribution in [-0.2, 0) is 24.0 Å². The molecule has 0 saturated heterocycles. The number of aliphatic imine (C=N–C) groups is 1. The molecule has 0 aromatic rings. The first-order chi connectivity index (χ1) is 15.8. The smallest absolute Gasteiger partial charge is 0.326 e. The number of carboxylic acids is 2. The topological polar surface area (TPSA) is 252 Å². The molecule has 0 fully saturated rings. The molecule has 0 aromatic carbocycles. The minimum absolute atomic E-state index is 0.0786. The Morgan fingerprint density at radius 2 is 1.50 bits per heavy atom. The molecule has 4 atom stereocenters. The van der Waals surface area contributed by atoms with E-state index in [1.54, 1.807) is 13.8 Å². The van der Waals surface area contributed by atoms with Crippen molar-refractivity contribution < 1.29 is 34.2 Å². The van der Waals surface area contributed by atoms with Crippen molar-refractivity contribution in [2.75, 3.05) is 12.3 Å². The van der Waals surface area contributed by atoms with Crippen molar-refractivity contribution in [2.45, 2.75) is 63.7 Å². The van der Waals surface area contributed by atoms with E-state index in [1.807, 2.05) is 0 Å². The van der Waals surface area contributed by atoms with E-state index in [0.717, 1.165) is 0 Å². The first-order valence-electron chi connectivity index (χ1n) is 10.6. The van der Waals surface area contributed by atoms with Gasteiger partial charge in [-0.2, -0.15) is 12.6 Å². The molecule has 14 nitrogen and oxygen atoms in total. The number of amides is 3. The largest absolute Gasteiger partial charge is 0.481 e. The molecule has 0 radical (unpaired) electrons. The maximum absolute atomic E-state index is 12.7. The van der Waals surface area contributed by atoms with Gasteiger partial charge in [-0.15, -0.1) is 0 Å². The quantitative estimate of drug-likeness (QED) is 0.0456. The maximum Gasteiger partial charge on any atom is 0.326 e. The number of carboxylic acid groups (broad SMARTS) is 2. The number of nitrogens with one attached hydrogen (secondary N) is 3. The third-order valence-corrected chi connectivity index (χ3v) is 4.99. The number of nitrogens with zero attached hydrogens (tertiary/aromatic N) is 1. The SMILES string of the molecule is CC(C)C(NC(=O)C(CS)NC(=O)C(N)CCCN=C(N)N)C(=O)NC(CCC(=O)O)C(=O)O. The molecule has 0 aliphatic rings. The van der Waals surface area contributed by atoms with Crippen LogP contribution >= 0.6 is 12.6 Å². The number of guanidine groups is 1. The van der Waals surface area contributed by atoms with Gasteiger partial charge in [-0.25, -0.2) is 4.79 Å². The van der Waals surface area contributed by atoms with E-state index in [0.29, 0.717) is 6.42 Å². The van der Waals surface area contributed by atoms with Crippen LogP contribution in [0, 0.1) is 5.92 Å². The average molecular weight is 506 g/mol. The zero-order valence-electron chi connectivity index (χ0n) is 19.2. The third kappa shape index (κ3) is 12.2. The second kappa shape index (κ2) is 15.7. The van der Waals surface area contributed by atoms with Gasteiger partial charge in [0.2, 0.25) is 17.7 Å². The summed E-state index contributed by atoms with van der Waals surface area (Å²) in [6.07, 6.45) is -0.0958. The molecule has 0 aromatic heterocycles. The Bertz CT molecular complexity index is 759. The highest BCUT2D eigenvalue weighted by atomic mass is 32.1. The summed E-state index contributed by atoms with van der Waals surface area (Å²) in [5.74, 6) is -5.37. The molecule has 194 valence electrons. The highest BCUT2D eigenvalue weighted by Gasteiger charge is 2.31. The first kappa shape index (κ1) is 30.9. The van der Waals surface area contributed by atoms with Crippen LogP contribution < -0.4 is 33.2 Å². The van der Waals surface area contributed by atoms with Crippen LogP contribution in [0.25, 0.3) is 0 Å². The highest BCUT2D eigenvalue weighted by molar-refractivity contribution is 7.80. The Morgan fingerprint density at radius 1 is 0.912 bits per heavy atom. The number of hydrogen-bond acceptors (Lipinski definition) is 8. The Hall–Kier alpha value is -3.07. The number of carbonyl (C=O) groups excluding carboxylic acids is 3. The van der Waals surface area contributed by atoms with Gasteiger partial charge in [0, 0.05) is 18.7 Å². The molecule has 15 heteroatoms. The molecule has 3 amide bonds. The van der Waals surface area contributed by atoms with Gasteiger partial charge in [0.1, 0.15) is 18.1 Å². The van der Waals surface area contributed by atoms with Crippen molar-refractivity contribution in [3.8, 4) is 0 Å². The normalized spacial score (nSPS) is 14.3. The number of thiol groups is 1. The fourth-order valence-corrected chi connectivity index (χ4v) is 2.96. The lowest BCUT2D eigenvalue weighted by molar-refractivity contribution is -0.143. The second-order valence-corrected chi connectivity index (χ2v) is 8.23. The van der Waals surface area contributed by atoms with Gasteiger partial charge in [0.15, 0.2) is 5.96 Å². The van der Waals surface area contributed by atoms with E-state index in [1.165, 1.54) is 0 Å². The molecule has 0 heterocycles. The average Bonchev–Trinajstić information content (AvgIpc) is 2.74. The van der Waals surface area contributed by atoms with E-state index >= 15 is 0 Å². The van der Waals surface area contributed by atoms with Crippen molar-refractivity contribution in [3.63, 3.8) is 0 Å². The van der Waals surface area contributed by atoms with E-state index in [9.17, 15) is 29.1 Å². The third-order valence-electron chi connectivity index (χ3n) is 4.63. The summed E-state index contributed by atoms with van der Waals surface area (Å²) in [5, 5.41) is 25.2. The summed E-state index contributed by atoms with van der Waals surface area (Å²) < 4.78 is 0. The molecule has 0 spiro atoms. The molecule has 0 rings (SSSR count). The Labute approximate surface area is 202 Å². The summed E-state index contributed by atoms with van der Waals surface area (Å²) in [5.41, 5.74) is 16.3. The molecule has 0 saturated carbocycles. The van der Waals surface area contributed by atoms with Crippen LogP contribution in [0.15, 0.2) is 4.99 Å². The zero-order valence-corrected chi connectivity index (χ0v) is 20.1. The number of rotatable bonds is 16. The number of aliphatic carboxylic acids is 2. The molecule has 0 aliphatic carbocycles. The van der Waals surface area contributed by atoms with Crippen LogP contribution in [-0.4, -0.2) is 82.3 Å². The maximum atomic E-state index is 12.7. The lowest BCUT2D eigenvalue weighted by Crippen LogP contribution is -2.59. The second-order valence-electron chi connectivity index (χ2n) is 7.86. The highest BCUT2D eigenvalue weighted by Crippen LogP contribution is 2.06. The predicted octanol–water partition coefficient (Wildman–Crippen LogP) is -2.64. The Balaban J connectivity index is 5.07. The zero-order chi connectivity index (χ0) is 26.4. The standard InChI is InChI=1S/C19H35N7O7S/c1-9(2)14(17(31)24-11(18(32)33)5-6-13(27)28)26-16(30)12(8-34)25-15(29)10(20)4-3-7-23-19(21)22/h9-12,14,34H,3-8,20H2,1-2H3,(H,24,31)(H,25,29)(H,26,30)(H,27,28)(H,32,33)(H4,21,22,23). The first-order valence-corrected chi connectivity index (χ1v) is 11.2. The van der Waals surface area contributed by atoms with Crippen molar-refractivity contribution in [1.82, 2.24) is 16.0 Å². The van der Waals surface area contributed by atoms with Crippen LogP contribution in [0.4, 0.5) is 0 Å². The van der Waals surface area contributed by atoms with E-state index < -0.39 is 66.2 Å². The summed E-state index contributed by atoms with van der Waals surface area (Å²) in [7, 11) is 0. The van der Waals surface area contributed by atoms with Gasteiger partial charge in [0.05, 0.1) is 6.04 Å². The summed E-state index contributed by atoms with van der Waals surface area (Å²) in [6, 6.07) is -4.64. The number of nitrogens with two attached hydrogens (primary N) is 3. The van der Waals surface area contributed by atoms with Crippen LogP contribution in [0.1, 0.15) is 39.5 Å². The molecule has 11 N–H and O–H groups in total. The van der Waals surface area contributed by atoms with Crippen LogP contribution in [0.2, 0.25) is 0 Å². The van der Waals surface area contributed by atoms with Gasteiger partial charge in [-0.1, -0.05) is 13.8 Å². The monoisotopic (exact) mass is 505 g/mol. The van der Waals surface area contributed by atoms with Crippen LogP contribution in [0.3, 0.4) is 0 Å². The van der Waals surface area contributed by atoms with Gasteiger partial charge in [0.25, 0.3) is 0 Å². The lowest BCUT2D eigenvalue weighted by atomic mass is 10.0. The van der Waals surface area contributed by atoms with Crippen molar-refractivity contribution in [3.05, 3.63) is 0 Å². The van der Waals surface area contributed by atoms with Crippen molar-refractivity contribution in [2.24, 2.45) is 28.1 Å². The Morgan fingerprint density at radius 3 is 1.97 bits per heavy atom. The molecular weight excluding hydrogens is 470 g/mol. The minimum Gasteiger partial charge on any atom is -0.481 e. The van der Waals surface area contributed by atoms with Gasteiger partial charge >= 0.3 is 11.9 Å². The number of hydrogen-bond donors (Lipinski definition) is 9. The van der Waals surface area contributed by atoms with E-state index in [-0.39, 0.29) is 31.1 Å². The summed E-state index contributed by atoms with van der Waals surface area (Å²) in [6.45, 7) is 3.53. The summed E-state index contributed by atoms with van der Waals surface area (Å²) in [4.78, 5) is 63.5. The molecule has 34 heavy (non-hydrogen) atoms. The fourth-order valence-electron chi connectivity index (χ4n) is 2.70. The molecule has 0 aliphatic heterocycles. The summed E-state index contributed by atoms with van der Waals surface area (Å²) >= 11 is 4.07. The van der Waals surface area contributed by atoms with Crippen molar-refractivity contribution >= 4 is 48.2 Å². The van der Waals surface area contributed by atoms with E-state index in [4.69, 9.17) is 22.3 Å². The van der Waals surface area contributed by atoms with Gasteiger partial charge in [-0.05, 0) is 25.2 Å². The van der Waals surface area contributed by atoms with Gasteiger partial charge in [-0.3, -0.25) is 24.2 Å². The lowest BCUT2D eigenvalue weighted by Gasteiger charge is -2.26. The number of carbonyl (C=O) groups is 5. The molecular formula is C19H35N7O7S. The molecule has 4 unspecified atom stereocenters. The molecule has 0 bridgehead atoms.